The number of piperazine rings is 1. The van der Waals surface area contributed by atoms with Crippen LogP contribution in [0.4, 0.5) is 0 Å². The molecule has 0 radical (unpaired) electrons. The fourth-order valence-electron chi connectivity index (χ4n) is 5.76. The summed E-state index contributed by atoms with van der Waals surface area (Å²) >= 11 is 9.92. The Bertz CT molecular complexity index is 1190. The molecule has 3 heterocycles. The van der Waals surface area contributed by atoms with Gasteiger partial charge in [0.05, 0.1) is 11.7 Å². The van der Waals surface area contributed by atoms with Gasteiger partial charge in [-0.15, -0.1) is 0 Å². The predicted molar refractivity (Wildman–Crippen MR) is 143 cm³/mol. The second-order valence-electron chi connectivity index (χ2n) is 9.95. The van der Waals surface area contributed by atoms with Gasteiger partial charge >= 0.3 is 0 Å². The molecule has 11 heteroatoms. The lowest BCUT2D eigenvalue weighted by molar-refractivity contribution is -0.134. The number of benzene rings is 1. The molecule has 5 rings (SSSR count). The van der Waals surface area contributed by atoms with E-state index in [1.54, 1.807) is 0 Å². The van der Waals surface area contributed by atoms with Crippen LogP contribution in [0.3, 0.4) is 0 Å². The molecule has 3 aliphatic rings. The largest absolute Gasteiger partial charge is 0.340 e. The van der Waals surface area contributed by atoms with Crippen molar-refractivity contribution in [3.05, 3.63) is 62.3 Å². The predicted octanol–water partition coefficient (Wildman–Crippen LogP) is 3.14. The van der Waals surface area contributed by atoms with Crippen LogP contribution in [-0.2, 0) is 27.8 Å². The molecule has 1 atom stereocenters. The van der Waals surface area contributed by atoms with Gasteiger partial charge in [0.1, 0.15) is 0 Å². The van der Waals surface area contributed by atoms with Crippen molar-refractivity contribution >= 4 is 43.6 Å². The first kappa shape index (κ1) is 26.1. The lowest BCUT2D eigenvalue weighted by atomic mass is 9.93. The summed E-state index contributed by atoms with van der Waals surface area (Å²) in [7, 11) is -3.65. The number of pyridine rings is 1. The Hall–Kier alpha value is -1.56. The van der Waals surface area contributed by atoms with Crippen molar-refractivity contribution in [3.8, 4) is 0 Å². The standard InChI is InChI=1S/C25H31BrClN5O3S/c26-20-14-19-2-1-18-15-21(27)3-4-22(18)25(24(19)29-16-20)31-11-9-30(10-12-31)23(33)13-17-5-7-32(8-6-17)36(28,34)35/h3-4,14-17,25H,1-2,5-13H2,(H2,28,34,35). The highest BCUT2D eigenvalue weighted by Gasteiger charge is 2.34. The molecule has 2 N–H and O–H groups in total. The number of piperidine rings is 1. The Kier molecular flexibility index (Phi) is 7.72. The molecule has 2 aromatic rings. The van der Waals surface area contributed by atoms with Crippen molar-refractivity contribution < 1.29 is 13.2 Å². The third-order valence-electron chi connectivity index (χ3n) is 7.72. The van der Waals surface area contributed by atoms with E-state index in [2.05, 4.69) is 39.0 Å². The average Bonchev–Trinajstić information content (AvgIpc) is 3.00. The van der Waals surface area contributed by atoms with E-state index in [9.17, 15) is 13.2 Å². The van der Waals surface area contributed by atoms with Gasteiger partial charge in [0, 0.05) is 61.4 Å². The highest BCUT2D eigenvalue weighted by Crippen LogP contribution is 2.38. The van der Waals surface area contributed by atoms with Crippen molar-refractivity contribution in [2.75, 3.05) is 39.3 Å². The van der Waals surface area contributed by atoms with E-state index in [1.807, 2.05) is 17.2 Å². The van der Waals surface area contributed by atoms with Gasteiger partial charge < -0.3 is 4.90 Å². The number of nitrogens with zero attached hydrogens (tertiary/aromatic N) is 4. The number of carbonyl (C=O) groups is 1. The smallest absolute Gasteiger partial charge is 0.276 e. The third kappa shape index (κ3) is 5.63. The molecular formula is C25H31BrClN5O3S. The normalized spacial score (nSPS) is 22.1. The van der Waals surface area contributed by atoms with Gasteiger partial charge in [0.2, 0.25) is 5.91 Å². The first-order chi connectivity index (χ1) is 17.2. The van der Waals surface area contributed by atoms with Crippen LogP contribution in [0.5, 0.6) is 0 Å². The number of nitrogens with two attached hydrogens (primary N) is 1. The summed E-state index contributed by atoms with van der Waals surface area (Å²) in [4.78, 5) is 22.3. The lowest BCUT2D eigenvalue weighted by Crippen LogP contribution is -2.50. The molecule has 2 aliphatic heterocycles. The molecule has 0 saturated carbocycles. The molecule has 0 spiro atoms. The Balaban J connectivity index is 1.26. The summed E-state index contributed by atoms with van der Waals surface area (Å²) in [5.74, 6) is 0.348. The molecule has 8 nitrogen and oxygen atoms in total. The van der Waals surface area contributed by atoms with Crippen molar-refractivity contribution in [1.82, 2.24) is 19.1 Å². The molecule has 1 aromatic heterocycles. The minimum absolute atomic E-state index is 0.0302. The monoisotopic (exact) mass is 595 g/mol. The second-order valence-corrected chi connectivity index (χ2v) is 12.9. The number of halogens is 2. The average molecular weight is 597 g/mol. The zero-order valence-corrected chi connectivity index (χ0v) is 23.2. The van der Waals surface area contributed by atoms with E-state index in [4.69, 9.17) is 21.7 Å². The van der Waals surface area contributed by atoms with Crippen molar-refractivity contribution in [1.29, 1.82) is 0 Å². The number of fused-ring (bicyclic) bond motifs is 2. The zero-order valence-electron chi connectivity index (χ0n) is 20.1. The van der Waals surface area contributed by atoms with Gasteiger partial charge in [-0.3, -0.25) is 14.7 Å². The van der Waals surface area contributed by atoms with E-state index in [0.29, 0.717) is 45.4 Å². The topological polar surface area (TPSA) is 99.8 Å². The van der Waals surface area contributed by atoms with Crippen LogP contribution in [0.2, 0.25) is 5.02 Å². The van der Waals surface area contributed by atoms with Crippen LogP contribution in [0.25, 0.3) is 0 Å². The quantitative estimate of drug-likeness (QED) is 0.585. The molecule has 2 saturated heterocycles. The maximum atomic E-state index is 13.1. The molecule has 194 valence electrons. The minimum Gasteiger partial charge on any atom is -0.340 e. The van der Waals surface area contributed by atoms with E-state index in [0.717, 1.165) is 41.1 Å². The summed E-state index contributed by atoms with van der Waals surface area (Å²) in [6.07, 6.45) is 5.49. The van der Waals surface area contributed by atoms with E-state index in [1.165, 1.54) is 21.0 Å². The molecule has 1 aliphatic carbocycles. The van der Waals surface area contributed by atoms with Crippen LogP contribution in [0.1, 0.15) is 47.7 Å². The summed E-state index contributed by atoms with van der Waals surface area (Å²) in [6.45, 7) is 3.63. The van der Waals surface area contributed by atoms with E-state index >= 15 is 0 Å². The first-order valence-corrected chi connectivity index (χ1v) is 15.1. The maximum Gasteiger partial charge on any atom is 0.276 e. The lowest BCUT2D eigenvalue weighted by Gasteiger charge is -2.40. The Morgan fingerprint density at radius 1 is 1.06 bits per heavy atom. The van der Waals surface area contributed by atoms with Gasteiger partial charge in [-0.1, -0.05) is 17.7 Å². The Labute approximate surface area is 226 Å². The van der Waals surface area contributed by atoms with Crippen LogP contribution >= 0.6 is 27.5 Å². The maximum absolute atomic E-state index is 13.1. The number of aryl methyl sites for hydroxylation is 2. The second kappa shape index (κ2) is 10.7. The minimum atomic E-state index is -3.65. The molecule has 1 amide bonds. The van der Waals surface area contributed by atoms with Crippen molar-refractivity contribution in [2.24, 2.45) is 11.1 Å². The molecular weight excluding hydrogens is 566 g/mol. The van der Waals surface area contributed by atoms with Crippen LogP contribution in [0, 0.1) is 5.92 Å². The number of amides is 1. The number of rotatable bonds is 4. The summed E-state index contributed by atoms with van der Waals surface area (Å²) < 4.78 is 25.4. The van der Waals surface area contributed by atoms with Gasteiger partial charge in [0.25, 0.3) is 10.2 Å². The molecule has 36 heavy (non-hydrogen) atoms. The van der Waals surface area contributed by atoms with E-state index < -0.39 is 10.2 Å². The van der Waals surface area contributed by atoms with Gasteiger partial charge in [-0.05, 0) is 82.4 Å². The third-order valence-corrected chi connectivity index (χ3v) is 9.47. The molecule has 2 fully saturated rings. The van der Waals surface area contributed by atoms with Crippen LogP contribution in [0.15, 0.2) is 34.9 Å². The van der Waals surface area contributed by atoms with Crippen LogP contribution < -0.4 is 5.14 Å². The number of hydrogen-bond donors (Lipinski definition) is 1. The van der Waals surface area contributed by atoms with Gasteiger partial charge in [-0.2, -0.15) is 12.7 Å². The number of carbonyl (C=O) groups excluding carboxylic acids is 1. The Morgan fingerprint density at radius 3 is 2.44 bits per heavy atom. The number of aromatic nitrogens is 1. The first-order valence-electron chi connectivity index (χ1n) is 12.4. The number of hydrogen-bond acceptors (Lipinski definition) is 5. The summed E-state index contributed by atoms with van der Waals surface area (Å²) in [5.41, 5.74) is 4.83. The zero-order chi connectivity index (χ0) is 25.4. The molecule has 1 aromatic carbocycles. The van der Waals surface area contributed by atoms with Crippen molar-refractivity contribution in [3.63, 3.8) is 0 Å². The highest BCUT2D eigenvalue weighted by atomic mass is 79.9. The Morgan fingerprint density at radius 2 is 1.75 bits per heavy atom. The van der Waals surface area contributed by atoms with Gasteiger partial charge in [-0.25, -0.2) is 5.14 Å². The van der Waals surface area contributed by atoms with E-state index in [-0.39, 0.29) is 17.9 Å². The fourth-order valence-corrected chi connectivity index (χ4v) is 7.05. The van der Waals surface area contributed by atoms with Crippen LogP contribution in [-0.4, -0.2) is 72.7 Å². The summed E-state index contributed by atoms with van der Waals surface area (Å²) in [6, 6.07) is 8.36. The van der Waals surface area contributed by atoms with Crippen molar-refractivity contribution in [2.45, 2.75) is 38.1 Å². The SMILES string of the molecule is NS(=O)(=O)N1CCC(CC(=O)N2CCN(C3c4ccc(Cl)cc4CCc4cc(Br)cnc43)CC2)CC1. The summed E-state index contributed by atoms with van der Waals surface area (Å²) in [5, 5.41) is 5.99. The fraction of sp³-hybridized carbons (Fsp3) is 0.520. The highest BCUT2D eigenvalue weighted by molar-refractivity contribution is 9.10. The molecule has 0 bridgehead atoms. The molecule has 1 unspecified atom stereocenters. The van der Waals surface area contributed by atoms with Gasteiger partial charge in [0.15, 0.2) is 0 Å².